The van der Waals surface area contributed by atoms with Gasteiger partial charge in [0.05, 0.1) is 22.6 Å². The highest BCUT2D eigenvalue weighted by atomic mass is 35.5. The molecule has 0 aliphatic rings. The van der Waals surface area contributed by atoms with E-state index < -0.39 is 0 Å². The van der Waals surface area contributed by atoms with Crippen molar-refractivity contribution in [3.63, 3.8) is 0 Å². The van der Waals surface area contributed by atoms with Gasteiger partial charge in [-0.3, -0.25) is 0 Å². The Hall–Kier alpha value is -3.19. The van der Waals surface area contributed by atoms with Crippen LogP contribution in [-0.2, 0) is 6.54 Å². The second-order valence-corrected chi connectivity index (χ2v) is 7.31. The Morgan fingerprint density at radius 1 is 0.966 bits per heavy atom. The molecular formula is C24H19Cl2N3. The van der Waals surface area contributed by atoms with Crippen LogP contribution in [0.4, 0.5) is 11.4 Å². The Kier molecular flexibility index (Phi) is 6.61. The van der Waals surface area contributed by atoms with Gasteiger partial charge < -0.3 is 10.6 Å². The van der Waals surface area contributed by atoms with Crippen molar-refractivity contribution in [2.24, 2.45) is 0 Å². The lowest BCUT2D eigenvalue weighted by Gasteiger charge is -2.28. The molecule has 2 N–H and O–H groups in total. The second-order valence-electron chi connectivity index (χ2n) is 6.44. The van der Waals surface area contributed by atoms with Crippen molar-refractivity contribution in [2.45, 2.75) is 6.54 Å². The molecule has 0 heterocycles. The molecule has 144 valence electrons. The molecule has 0 radical (unpaired) electrons. The van der Waals surface area contributed by atoms with Crippen molar-refractivity contribution in [3.8, 4) is 6.07 Å². The van der Waals surface area contributed by atoms with Gasteiger partial charge >= 0.3 is 0 Å². The zero-order chi connectivity index (χ0) is 20.8. The van der Waals surface area contributed by atoms with Crippen molar-refractivity contribution < 1.29 is 0 Å². The maximum absolute atomic E-state index is 9.80. The van der Waals surface area contributed by atoms with Gasteiger partial charge in [0.2, 0.25) is 0 Å². The molecule has 3 rings (SSSR count). The Morgan fingerprint density at radius 3 is 2.14 bits per heavy atom. The quantitative estimate of drug-likeness (QED) is 0.274. The molecule has 0 aliphatic carbocycles. The van der Waals surface area contributed by atoms with Gasteiger partial charge in [0.1, 0.15) is 6.07 Å². The summed E-state index contributed by atoms with van der Waals surface area (Å²) in [6.45, 7) is 4.69. The maximum atomic E-state index is 9.80. The third-order valence-electron chi connectivity index (χ3n) is 4.42. The normalized spacial score (nSPS) is 11.0. The third kappa shape index (κ3) is 5.20. The average Bonchev–Trinajstić information content (AvgIpc) is 2.73. The number of rotatable bonds is 6. The summed E-state index contributed by atoms with van der Waals surface area (Å²) < 4.78 is 0. The first-order chi connectivity index (χ1) is 14.0. The number of nitrogens with two attached hydrogens (primary N) is 1. The van der Waals surface area contributed by atoms with Gasteiger partial charge in [-0.25, -0.2) is 0 Å². The van der Waals surface area contributed by atoms with Crippen LogP contribution >= 0.6 is 23.2 Å². The first-order valence-corrected chi connectivity index (χ1v) is 9.66. The number of para-hydroxylation sites is 2. The summed E-state index contributed by atoms with van der Waals surface area (Å²) in [4.78, 5) is 1.93. The fourth-order valence-electron chi connectivity index (χ4n) is 2.88. The van der Waals surface area contributed by atoms with E-state index in [9.17, 15) is 5.26 Å². The lowest BCUT2D eigenvalue weighted by molar-refractivity contribution is 0.932. The highest BCUT2D eigenvalue weighted by Crippen LogP contribution is 2.31. The molecule has 0 amide bonds. The third-order valence-corrected chi connectivity index (χ3v) is 4.92. The molecule has 3 aromatic rings. The molecule has 5 heteroatoms. The standard InChI is InChI=1S/C24H19Cl2N3/c1-17(20(15-27)14-18-6-10-21(25)11-7-18)29(24-5-3-2-4-23(24)28)16-19-8-12-22(26)13-9-19/h2-14H,1,16,28H2. The van der Waals surface area contributed by atoms with Gasteiger partial charge in [-0.05, 0) is 53.6 Å². The van der Waals surface area contributed by atoms with Crippen LogP contribution in [-0.4, -0.2) is 0 Å². The number of hydrogen-bond acceptors (Lipinski definition) is 3. The SMILES string of the molecule is C=C(C(C#N)=Cc1ccc(Cl)cc1)N(Cc1ccc(Cl)cc1)c1ccccc1N. The molecule has 0 fully saturated rings. The van der Waals surface area contributed by atoms with E-state index in [4.69, 9.17) is 28.9 Å². The summed E-state index contributed by atoms with van der Waals surface area (Å²) in [7, 11) is 0. The summed E-state index contributed by atoms with van der Waals surface area (Å²) >= 11 is 12.0. The predicted molar refractivity (Wildman–Crippen MR) is 123 cm³/mol. The molecule has 0 saturated heterocycles. The van der Waals surface area contributed by atoms with Crippen molar-refractivity contribution in [3.05, 3.63) is 112 Å². The van der Waals surface area contributed by atoms with Gasteiger partial charge in [0, 0.05) is 16.6 Å². The average molecular weight is 420 g/mol. The lowest BCUT2D eigenvalue weighted by Crippen LogP contribution is -2.23. The van der Waals surface area contributed by atoms with Crippen LogP contribution in [0.5, 0.6) is 0 Å². The topological polar surface area (TPSA) is 53.0 Å². The summed E-state index contributed by atoms with van der Waals surface area (Å²) in [5, 5.41) is 11.1. The van der Waals surface area contributed by atoms with Gasteiger partial charge in [0.15, 0.2) is 0 Å². The van der Waals surface area contributed by atoms with Gasteiger partial charge in [-0.15, -0.1) is 0 Å². The largest absolute Gasteiger partial charge is 0.397 e. The van der Waals surface area contributed by atoms with Gasteiger partial charge in [-0.2, -0.15) is 5.26 Å². The Balaban J connectivity index is 2.00. The molecule has 3 nitrogen and oxygen atoms in total. The Bertz CT molecular complexity index is 1080. The number of nitrogens with zero attached hydrogens (tertiary/aromatic N) is 2. The van der Waals surface area contributed by atoms with Crippen LogP contribution in [0.3, 0.4) is 0 Å². The maximum Gasteiger partial charge on any atom is 0.101 e. The Labute approximate surface area is 180 Å². The number of anilines is 2. The lowest BCUT2D eigenvalue weighted by atomic mass is 10.1. The van der Waals surface area contributed by atoms with Crippen LogP contribution in [0.25, 0.3) is 6.08 Å². The number of benzene rings is 3. The molecule has 0 aromatic heterocycles. The molecule has 0 spiro atoms. The number of nitriles is 1. The van der Waals surface area contributed by atoms with Crippen LogP contribution in [0.1, 0.15) is 11.1 Å². The van der Waals surface area contributed by atoms with Crippen molar-refractivity contribution in [1.29, 1.82) is 5.26 Å². The summed E-state index contributed by atoms with van der Waals surface area (Å²) in [6, 6.07) is 24.6. The fraction of sp³-hybridized carbons (Fsp3) is 0.0417. The van der Waals surface area contributed by atoms with Crippen LogP contribution in [0, 0.1) is 11.3 Å². The number of nitrogen functional groups attached to an aromatic ring is 1. The predicted octanol–water partition coefficient (Wildman–Crippen LogP) is 6.70. The van der Waals surface area contributed by atoms with E-state index in [1.165, 1.54) is 0 Å². The van der Waals surface area contributed by atoms with Gasteiger partial charge in [-0.1, -0.05) is 66.2 Å². The highest BCUT2D eigenvalue weighted by Gasteiger charge is 2.17. The van der Waals surface area contributed by atoms with E-state index in [1.807, 2.05) is 65.6 Å². The van der Waals surface area contributed by atoms with E-state index in [0.29, 0.717) is 33.5 Å². The van der Waals surface area contributed by atoms with Crippen molar-refractivity contribution >= 4 is 40.7 Å². The molecular weight excluding hydrogens is 401 g/mol. The van der Waals surface area contributed by atoms with Crippen LogP contribution in [0.2, 0.25) is 10.0 Å². The molecule has 0 saturated carbocycles. The smallest absolute Gasteiger partial charge is 0.101 e. The minimum atomic E-state index is 0.435. The molecule has 0 aliphatic heterocycles. The zero-order valence-corrected chi connectivity index (χ0v) is 17.2. The highest BCUT2D eigenvalue weighted by molar-refractivity contribution is 6.30. The first kappa shape index (κ1) is 20.5. The number of halogens is 2. The first-order valence-electron chi connectivity index (χ1n) is 8.91. The summed E-state index contributed by atoms with van der Waals surface area (Å²) in [5.74, 6) is 0. The fourth-order valence-corrected chi connectivity index (χ4v) is 3.13. The van der Waals surface area contributed by atoms with Crippen molar-refractivity contribution in [2.75, 3.05) is 10.6 Å². The monoisotopic (exact) mass is 419 g/mol. The number of hydrogen-bond donors (Lipinski definition) is 1. The van der Waals surface area contributed by atoms with E-state index >= 15 is 0 Å². The van der Waals surface area contributed by atoms with Crippen LogP contribution < -0.4 is 10.6 Å². The Morgan fingerprint density at radius 2 is 1.55 bits per heavy atom. The summed E-state index contributed by atoms with van der Waals surface area (Å²) in [5.41, 5.74) is 10.5. The van der Waals surface area contributed by atoms with Crippen LogP contribution in [0.15, 0.2) is 90.6 Å². The minimum absolute atomic E-state index is 0.435. The minimum Gasteiger partial charge on any atom is -0.397 e. The molecule has 0 bridgehead atoms. The van der Waals surface area contributed by atoms with Gasteiger partial charge in [0.25, 0.3) is 0 Å². The molecule has 0 atom stereocenters. The zero-order valence-electron chi connectivity index (χ0n) is 15.6. The molecule has 29 heavy (non-hydrogen) atoms. The second kappa shape index (κ2) is 9.34. The molecule has 3 aromatic carbocycles. The van der Waals surface area contributed by atoms with E-state index in [1.54, 1.807) is 18.2 Å². The number of allylic oxidation sites excluding steroid dienone is 1. The summed E-state index contributed by atoms with van der Waals surface area (Å²) in [6.07, 6.45) is 1.78. The molecule has 0 unspecified atom stereocenters. The van der Waals surface area contributed by atoms with E-state index in [0.717, 1.165) is 16.8 Å². The van der Waals surface area contributed by atoms with E-state index in [2.05, 4.69) is 12.6 Å². The van der Waals surface area contributed by atoms with E-state index in [-0.39, 0.29) is 0 Å². The van der Waals surface area contributed by atoms with Crippen molar-refractivity contribution in [1.82, 2.24) is 0 Å².